The molecular weight excluding hydrogens is 326 g/mol. The molecule has 7 nitrogen and oxygen atoms in total. The Hall–Kier alpha value is -3.13. The Labute approximate surface area is 140 Å². The van der Waals surface area contributed by atoms with Crippen molar-refractivity contribution in [3.63, 3.8) is 0 Å². The van der Waals surface area contributed by atoms with Gasteiger partial charge in [-0.1, -0.05) is 17.3 Å². The van der Waals surface area contributed by atoms with E-state index in [0.29, 0.717) is 22.3 Å². The van der Waals surface area contributed by atoms with E-state index in [1.165, 1.54) is 17.5 Å². The van der Waals surface area contributed by atoms with Gasteiger partial charge in [0.2, 0.25) is 0 Å². The van der Waals surface area contributed by atoms with E-state index in [-0.39, 0.29) is 5.69 Å². The highest BCUT2D eigenvalue weighted by molar-refractivity contribution is 7.21. The first-order valence-electron chi connectivity index (χ1n) is 7.12. The third kappa shape index (κ3) is 2.63. The summed E-state index contributed by atoms with van der Waals surface area (Å²) in [5.41, 5.74) is 1.50. The average Bonchev–Trinajstić information content (AvgIpc) is 3.20. The monoisotopic (exact) mass is 337 g/mol. The van der Waals surface area contributed by atoms with Crippen molar-refractivity contribution in [2.45, 2.75) is 6.92 Å². The van der Waals surface area contributed by atoms with Gasteiger partial charge in [-0.2, -0.15) is 0 Å². The van der Waals surface area contributed by atoms with E-state index in [1.54, 1.807) is 19.2 Å². The van der Waals surface area contributed by atoms with Crippen molar-refractivity contribution in [2.75, 3.05) is 5.32 Å². The summed E-state index contributed by atoms with van der Waals surface area (Å²) in [6.07, 6.45) is 3.01. The minimum atomic E-state index is -0.411. The van der Waals surface area contributed by atoms with Gasteiger partial charge in [0.25, 0.3) is 5.91 Å². The van der Waals surface area contributed by atoms with Crippen LogP contribution < -0.4 is 5.32 Å². The molecule has 0 spiro atoms. The van der Waals surface area contributed by atoms with Gasteiger partial charge in [0.1, 0.15) is 16.5 Å². The molecule has 0 unspecified atom stereocenters. The lowest BCUT2D eigenvalue weighted by molar-refractivity contribution is 0.102. The van der Waals surface area contributed by atoms with E-state index in [9.17, 15) is 4.79 Å². The fraction of sp³-hybridized carbons (Fsp3) is 0.0625. The smallest absolute Gasteiger partial charge is 0.277 e. The van der Waals surface area contributed by atoms with Crippen LogP contribution >= 0.6 is 11.3 Å². The maximum Gasteiger partial charge on any atom is 0.277 e. The van der Waals surface area contributed by atoms with Gasteiger partial charge in [-0.3, -0.25) is 4.79 Å². The zero-order valence-electron chi connectivity index (χ0n) is 12.6. The van der Waals surface area contributed by atoms with E-state index < -0.39 is 5.91 Å². The Morgan fingerprint density at radius 2 is 2.04 bits per heavy atom. The van der Waals surface area contributed by atoms with Crippen LogP contribution in [0.5, 0.6) is 0 Å². The molecule has 3 heterocycles. The van der Waals surface area contributed by atoms with E-state index in [4.69, 9.17) is 4.52 Å². The molecular formula is C16H11N5O2S. The molecule has 4 aromatic rings. The van der Waals surface area contributed by atoms with Gasteiger partial charge in [-0.05, 0) is 19.1 Å². The summed E-state index contributed by atoms with van der Waals surface area (Å²) in [7, 11) is 0. The van der Waals surface area contributed by atoms with Crippen molar-refractivity contribution in [1.29, 1.82) is 0 Å². The van der Waals surface area contributed by atoms with Crippen LogP contribution in [0.15, 0.2) is 47.2 Å². The van der Waals surface area contributed by atoms with Gasteiger partial charge in [-0.15, -0.1) is 11.3 Å². The van der Waals surface area contributed by atoms with Gasteiger partial charge < -0.3 is 9.84 Å². The van der Waals surface area contributed by atoms with E-state index in [1.807, 2.05) is 24.3 Å². The van der Waals surface area contributed by atoms with Crippen LogP contribution in [0.2, 0.25) is 0 Å². The number of aromatic nitrogens is 4. The second-order valence-electron chi connectivity index (χ2n) is 5.02. The molecule has 0 atom stereocenters. The molecule has 0 aliphatic heterocycles. The Balaban J connectivity index is 1.73. The minimum absolute atomic E-state index is 0.192. The van der Waals surface area contributed by atoms with Gasteiger partial charge in [0.05, 0.1) is 10.2 Å². The highest BCUT2D eigenvalue weighted by Gasteiger charge is 2.19. The van der Waals surface area contributed by atoms with Crippen molar-refractivity contribution in [2.24, 2.45) is 0 Å². The number of nitrogens with zero attached hydrogens (tertiary/aromatic N) is 4. The summed E-state index contributed by atoms with van der Waals surface area (Å²) >= 11 is 1.46. The van der Waals surface area contributed by atoms with Crippen LogP contribution in [0, 0.1) is 6.92 Å². The number of nitrogens with one attached hydrogen (secondary N) is 1. The molecule has 1 N–H and O–H groups in total. The molecule has 8 heteroatoms. The molecule has 0 saturated carbocycles. The molecule has 24 heavy (non-hydrogen) atoms. The lowest BCUT2D eigenvalue weighted by Crippen LogP contribution is -2.15. The number of thiazole rings is 1. The quantitative estimate of drug-likeness (QED) is 0.616. The Kier molecular flexibility index (Phi) is 3.51. The largest absolute Gasteiger partial charge is 0.360 e. The summed E-state index contributed by atoms with van der Waals surface area (Å²) in [4.78, 5) is 25.5. The predicted molar refractivity (Wildman–Crippen MR) is 89.8 cm³/mol. The molecule has 0 radical (unpaired) electrons. The number of benzene rings is 1. The van der Waals surface area contributed by atoms with Crippen molar-refractivity contribution in [1.82, 2.24) is 20.1 Å². The van der Waals surface area contributed by atoms with Crippen molar-refractivity contribution >= 4 is 33.3 Å². The molecule has 3 aromatic heterocycles. The fourth-order valence-corrected chi connectivity index (χ4v) is 3.20. The number of hydrogen-bond donors (Lipinski definition) is 1. The second-order valence-corrected chi connectivity index (χ2v) is 6.05. The first-order valence-corrected chi connectivity index (χ1v) is 7.94. The summed E-state index contributed by atoms with van der Waals surface area (Å²) in [5.74, 6) is 0.528. The molecule has 1 aromatic carbocycles. The normalized spacial score (nSPS) is 10.9. The SMILES string of the molecule is Cc1cc(NC(=O)c2nccnc2-c2nc3ccccc3s2)no1. The van der Waals surface area contributed by atoms with E-state index in [0.717, 1.165) is 10.2 Å². The number of amides is 1. The molecule has 0 fully saturated rings. The minimum Gasteiger partial charge on any atom is -0.360 e. The summed E-state index contributed by atoms with van der Waals surface area (Å²) in [5, 5.41) is 7.05. The van der Waals surface area contributed by atoms with Crippen LogP contribution in [0.3, 0.4) is 0 Å². The number of para-hydroxylation sites is 1. The predicted octanol–water partition coefficient (Wildman–Crippen LogP) is 3.30. The zero-order chi connectivity index (χ0) is 16.5. The fourth-order valence-electron chi connectivity index (χ4n) is 2.24. The molecule has 0 saturated heterocycles. The van der Waals surface area contributed by atoms with E-state index in [2.05, 4.69) is 25.4 Å². The molecule has 0 bridgehead atoms. The lowest BCUT2D eigenvalue weighted by Gasteiger charge is -2.04. The molecule has 4 rings (SSSR count). The van der Waals surface area contributed by atoms with E-state index >= 15 is 0 Å². The third-order valence-corrected chi connectivity index (χ3v) is 4.32. The number of carbonyl (C=O) groups is 1. The Bertz CT molecular complexity index is 1010. The molecule has 118 valence electrons. The number of rotatable bonds is 3. The van der Waals surface area contributed by atoms with Crippen LogP contribution in [0.4, 0.5) is 5.82 Å². The first-order chi connectivity index (χ1) is 11.7. The van der Waals surface area contributed by atoms with Gasteiger partial charge >= 0.3 is 0 Å². The molecule has 1 amide bonds. The summed E-state index contributed by atoms with van der Waals surface area (Å²) in [6, 6.07) is 9.39. The Morgan fingerprint density at radius 1 is 1.21 bits per heavy atom. The number of anilines is 1. The number of carbonyl (C=O) groups excluding carboxylic acids is 1. The number of hydrogen-bond acceptors (Lipinski definition) is 7. The zero-order valence-corrected chi connectivity index (χ0v) is 13.4. The first kappa shape index (κ1) is 14.5. The Morgan fingerprint density at radius 3 is 2.83 bits per heavy atom. The maximum atomic E-state index is 12.5. The average molecular weight is 337 g/mol. The van der Waals surface area contributed by atoms with Gasteiger partial charge in [-0.25, -0.2) is 15.0 Å². The molecule has 0 aliphatic rings. The van der Waals surface area contributed by atoms with Crippen LogP contribution in [0.25, 0.3) is 20.9 Å². The van der Waals surface area contributed by atoms with Crippen LogP contribution in [-0.2, 0) is 0 Å². The van der Waals surface area contributed by atoms with Gasteiger partial charge in [0, 0.05) is 18.5 Å². The third-order valence-electron chi connectivity index (χ3n) is 3.28. The summed E-state index contributed by atoms with van der Waals surface area (Å²) in [6.45, 7) is 1.75. The number of fused-ring (bicyclic) bond motifs is 1. The second kappa shape index (κ2) is 5.82. The maximum absolute atomic E-state index is 12.5. The van der Waals surface area contributed by atoms with Crippen molar-refractivity contribution in [3.8, 4) is 10.7 Å². The topological polar surface area (TPSA) is 93.8 Å². The standard InChI is InChI=1S/C16H11N5O2S/c1-9-8-12(21-23-9)20-15(22)13-14(18-7-6-17-13)16-19-10-4-2-3-5-11(10)24-16/h2-8H,1H3,(H,20,21,22). The van der Waals surface area contributed by atoms with Gasteiger partial charge in [0.15, 0.2) is 11.5 Å². The number of aryl methyl sites for hydroxylation is 1. The van der Waals surface area contributed by atoms with Crippen molar-refractivity contribution < 1.29 is 9.32 Å². The molecule has 0 aliphatic carbocycles. The highest BCUT2D eigenvalue weighted by atomic mass is 32.1. The summed E-state index contributed by atoms with van der Waals surface area (Å²) < 4.78 is 5.97. The highest BCUT2D eigenvalue weighted by Crippen LogP contribution is 2.30. The van der Waals surface area contributed by atoms with Crippen LogP contribution in [0.1, 0.15) is 16.2 Å². The lowest BCUT2D eigenvalue weighted by atomic mass is 10.3. The van der Waals surface area contributed by atoms with Crippen LogP contribution in [-0.4, -0.2) is 26.0 Å². The van der Waals surface area contributed by atoms with Crippen molar-refractivity contribution in [3.05, 3.63) is 54.2 Å².